The molecule has 0 aromatic heterocycles. The first-order valence-electron chi connectivity index (χ1n) is 5.24. The molecule has 1 heterocycles. The summed E-state index contributed by atoms with van der Waals surface area (Å²) in [6.07, 6.45) is 2.06. The third kappa shape index (κ3) is 1.55. The molecule has 0 aliphatic carbocycles. The molecule has 0 fully saturated rings. The number of hydrogen-bond acceptors (Lipinski definition) is 2. The lowest BCUT2D eigenvalue weighted by molar-refractivity contribution is 0.242. The first-order valence-corrected chi connectivity index (χ1v) is 5.24. The lowest BCUT2D eigenvalue weighted by atomic mass is 9.84. The number of benzene rings is 1. The van der Waals surface area contributed by atoms with E-state index in [-0.39, 0.29) is 11.5 Å². The number of rotatable bonds is 1. The standard InChI is InChI=1S/C13H16NO/c1-10-9-12(13(2,3)14(10)15)11-7-5-4-6-8-11/h4-9,12H,1-3H3/q-1. The van der Waals surface area contributed by atoms with Crippen molar-refractivity contribution in [3.63, 3.8) is 0 Å². The van der Waals surface area contributed by atoms with Crippen LogP contribution in [0.4, 0.5) is 0 Å². The molecule has 0 saturated carbocycles. The normalized spacial score (nSPS) is 24.1. The van der Waals surface area contributed by atoms with Crippen LogP contribution < -0.4 is 0 Å². The van der Waals surface area contributed by atoms with E-state index in [4.69, 9.17) is 0 Å². The predicted octanol–water partition coefficient (Wildman–Crippen LogP) is 3.27. The molecule has 1 aliphatic rings. The van der Waals surface area contributed by atoms with E-state index in [0.717, 1.165) is 10.8 Å². The molecule has 1 aromatic carbocycles. The lowest BCUT2D eigenvalue weighted by Gasteiger charge is -2.44. The highest BCUT2D eigenvalue weighted by Crippen LogP contribution is 2.41. The van der Waals surface area contributed by atoms with Crippen LogP contribution in [0.2, 0.25) is 0 Å². The molecule has 2 heteroatoms. The fourth-order valence-corrected chi connectivity index (χ4v) is 2.26. The van der Waals surface area contributed by atoms with Gasteiger partial charge in [0, 0.05) is 11.5 Å². The van der Waals surface area contributed by atoms with Gasteiger partial charge in [-0.3, -0.25) is 0 Å². The molecule has 1 aromatic rings. The molecule has 15 heavy (non-hydrogen) atoms. The summed E-state index contributed by atoms with van der Waals surface area (Å²) in [5.41, 5.74) is 1.65. The highest BCUT2D eigenvalue weighted by Gasteiger charge is 2.35. The van der Waals surface area contributed by atoms with E-state index in [1.165, 1.54) is 5.56 Å². The van der Waals surface area contributed by atoms with Gasteiger partial charge in [-0.05, 0) is 32.0 Å². The largest absolute Gasteiger partial charge is 0.758 e. The van der Waals surface area contributed by atoms with Gasteiger partial charge in [-0.1, -0.05) is 36.4 Å². The van der Waals surface area contributed by atoms with Gasteiger partial charge in [-0.25, -0.2) is 0 Å². The van der Waals surface area contributed by atoms with Crippen LogP contribution >= 0.6 is 0 Å². The summed E-state index contributed by atoms with van der Waals surface area (Å²) >= 11 is 0. The minimum Gasteiger partial charge on any atom is -0.758 e. The van der Waals surface area contributed by atoms with Crippen molar-refractivity contribution >= 4 is 0 Å². The van der Waals surface area contributed by atoms with Crippen LogP contribution in [0.25, 0.3) is 0 Å². The number of hydrogen-bond donors (Lipinski definition) is 0. The summed E-state index contributed by atoms with van der Waals surface area (Å²) in [5, 5.41) is 13.0. The van der Waals surface area contributed by atoms with Crippen molar-refractivity contribution in [3.05, 3.63) is 52.9 Å². The van der Waals surface area contributed by atoms with Crippen LogP contribution in [-0.4, -0.2) is 10.6 Å². The molecule has 1 aliphatic heterocycles. The van der Waals surface area contributed by atoms with Crippen LogP contribution in [-0.2, 0) is 0 Å². The van der Waals surface area contributed by atoms with E-state index in [1.807, 2.05) is 39.0 Å². The van der Waals surface area contributed by atoms with E-state index in [9.17, 15) is 5.21 Å². The van der Waals surface area contributed by atoms with Crippen molar-refractivity contribution in [2.24, 2.45) is 0 Å². The maximum absolute atomic E-state index is 11.9. The zero-order valence-electron chi connectivity index (χ0n) is 9.40. The van der Waals surface area contributed by atoms with Crippen LogP contribution in [0.3, 0.4) is 0 Å². The molecule has 80 valence electrons. The third-order valence-electron chi connectivity index (χ3n) is 3.17. The van der Waals surface area contributed by atoms with E-state index in [0.29, 0.717) is 0 Å². The summed E-state index contributed by atoms with van der Waals surface area (Å²) < 4.78 is 0. The van der Waals surface area contributed by atoms with E-state index < -0.39 is 0 Å². The average molecular weight is 202 g/mol. The SMILES string of the molecule is CC1=CC(c2ccccc2)C(C)(C)N1[O-]. The highest BCUT2D eigenvalue weighted by atomic mass is 16.5. The molecule has 1 unspecified atom stereocenters. The Balaban J connectivity index is 2.40. The summed E-state index contributed by atoms with van der Waals surface area (Å²) in [6, 6.07) is 10.2. The molecule has 0 saturated heterocycles. The summed E-state index contributed by atoms with van der Waals surface area (Å²) in [7, 11) is 0. The first-order chi connectivity index (χ1) is 7.03. The Kier molecular flexibility index (Phi) is 2.31. The van der Waals surface area contributed by atoms with Crippen LogP contribution in [0, 0.1) is 5.21 Å². The Morgan fingerprint density at radius 1 is 1.20 bits per heavy atom. The minimum atomic E-state index is -0.370. The van der Waals surface area contributed by atoms with Crippen molar-refractivity contribution < 1.29 is 0 Å². The Morgan fingerprint density at radius 2 is 1.80 bits per heavy atom. The summed E-state index contributed by atoms with van der Waals surface area (Å²) in [4.78, 5) is 0. The quantitative estimate of drug-likeness (QED) is 0.698. The van der Waals surface area contributed by atoms with Crippen molar-refractivity contribution in [2.45, 2.75) is 32.2 Å². The molecule has 1 atom stereocenters. The van der Waals surface area contributed by atoms with Crippen molar-refractivity contribution in [1.82, 2.24) is 5.06 Å². The Bertz CT molecular complexity index is 381. The van der Waals surface area contributed by atoms with E-state index in [2.05, 4.69) is 18.2 Å². The molecule has 0 spiro atoms. The van der Waals surface area contributed by atoms with Gasteiger partial charge in [0.15, 0.2) is 0 Å². The second kappa shape index (κ2) is 3.38. The second-order valence-corrected chi connectivity index (χ2v) is 4.64. The monoisotopic (exact) mass is 202 g/mol. The number of allylic oxidation sites excluding steroid dienone is 1. The van der Waals surface area contributed by atoms with E-state index >= 15 is 0 Å². The molecule has 0 radical (unpaired) electrons. The van der Waals surface area contributed by atoms with Crippen LogP contribution in [0.15, 0.2) is 42.1 Å². The molecular formula is C13H16NO-. The van der Waals surface area contributed by atoms with Gasteiger partial charge in [-0.2, -0.15) is 0 Å². The first kappa shape index (κ1) is 10.2. The minimum absolute atomic E-state index is 0.191. The summed E-state index contributed by atoms with van der Waals surface area (Å²) in [5.74, 6) is 0.191. The maximum Gasteiger partial charge on any atom is 0.0334 e. The van der Waals surface area contributed by atoms with Crippen molar-refractivity contribution in [2.75, 3.05) is 0 Å². The maximum atomic E-state index is 11.9. The predicted molar refractivity (Wildman–Crippen MR) is 62.2 cm³/mol. The zero-order chi connectivity index (χ0) is 11.1. The Hall–Kier alpha value is -1.28. The van der Waals surface area contributed by atoms with Crippen LogP contribution in [0.1, 0.15) is 32.3 Å². The molecule has 0 bridgehead atoms. The van der Waals surface area contributed by atoms with Gasteiger partial charge in [0.2, 0.25) is 0 Å². The smallest absolute Gasteiger partial charge is 0.0334 e. The van der Waals surface area contributed by atoms with Gasteiger partial charge in [0.05, 0.1) is 0 Å². The summed E-state index contributed by atoms with van der Waals surface area (Å²) in [6.45, 7) is 5.85. The third-order valence-corrected chi connectivity index (χ3v) is 3.17. The lowest BCUT2D eigenvalue weighted by Crippen LogP contribution is -2.38. The fraction of sp³-hybridized carbons (Fsp3) is 0.385. The molecule has 0 N–H and O–H groups in total. The van der Waals surface area contributed by atoms with Gasteiger partial charge in [0.1, 0.15) is 0 Å². The number of hydroxylamine groups is 2. The molecule has 2 rings (SSSR count). The van der Waals surface area contributed by atoms with Gasteiger partial charge in [-0.15, -0.1) is 0 Å². The second-order valence-electron chi connectivity index (χ2n) is 4.64. The number of nitrogens with zero attached hydrogens (tertiary/aromatic N) is 1. The molecular weight excluding hydrogens is 186 g/mol. The Morgan fingerprint density at radius 3 is 2.27 bits per heavy atom. The van der Waals surface area contributed by atoms with Gasteiger partial charge >= 0.3 is 0 Å². The Labute approximate surface area is 90.8 Å². The van der Waals surface area contributed by atoms with Gasteiger partial charge in [0.25, 0.3) is 0 Å². The molecule has 2 nitrogen and oxygen atoms in total. The zero-order valence-corrected chi connectivity index (χ0v) is 9.40. The topological polar surface area (TPSA) is 26.3 Å². The fourth-order valence-electron chi connectivity index (χ4n) is 2.26. The average Bonchev–Trinajstić information content (AvgIpc) is 2.43. The van der Waals surface area contributed by atoms with Crippen LogP contribution in [0.5, 0.6) is 0 Å². The van der Waals surface area contributed by atoms with Crippen molar-refractivity contribution in [1.29, 1.82) is 0 Å². The van der Waals surface area contributed by atoms with Gasteiger partial charge < -0.3 is 10.3 Å². The molecule has 0 amide bonds. The van der Waals surface area contributed by atoms with E-state index in [1.54, 1.807) is 0 Å². The van der Waals surface area contributed by atoms with Crippen molar-refractivity contribution in [3.8, 4) is 0 Å². The highest BCUT2D eigenvalue weighted by molar-refractivity contribution is 5.34.